The SMILES string of the molecule is CC(O)(CNS(=O)(=O)CCc1ccccc1)c1ccc(Br)cc1. The maximum atomic E-state index is 12.1. The molecule has 1 atom stereocenters. The fraction of sp³-hybridized carbons (Fsp3) is 0.294. The number of rotatable bonds is 7. The van der Waals surface area contributed by atoms with E-state index in [0.29, 0.717) is 12.0 Å². The first-order chi connectivity index (χ1) is 10.8. The monoisotopic (exact) mass is 397 g/mol. The predicted molar refractivity (Wildman–Crippen MR) is 95.6 cm³/mol. The molecule has 0 heterocycles. The number of hydrogen-bond donors (Lipinski definition) is 2. The largest absolute Gasteiger partial charge is 0.384 e. The van der Waals surface area contributed by atoms with E-state index in [4.69, 9.17) is 0 Å². The third kappa shape index (κ3) is 5.73. The molecule has 0 saturated heterocycles. The van der Waals surface area contributed by atoms with Gasteiger partial charge < -0.3 is 5.11 Å². The molecule has 2 rings (SSSR count). The van der Waals surface area contributed by atoms with Crippen LogP contribution in [0, 0.1) is 0 Å². The summed E-state index contributed by atoms with van der Waals surface area (Å²) in [6.45, 7) is 1.53. The second-order valence-electron chi connectivity index (χ2n) is 5.66. The normalized spacial score (nSPS) is 14.4. The van der Waals surface area contributed by atoms with E-state index in [9.17, 15) is 13.5 Å². The zero-order valence-corrected chi connectivity index (χ0v) is 15.3. The highest BCUT2D eigenvalue weighted by Crippen LogP contribution is 2.22. The molecule has 2 N–H and O–H groups in total. The number of aryl methyl sites for hydroxylation is 1. The van der Waals surface area contributed by atoms with Crippen LogP contribution in [0.3, 0.4) is 0 Å². The molecule has 0 aromatic heterocycles. The summed E-state index contributed by atoms with van der Waals surface area (Å²) in [5, 5.41) is 10.5. The maximum Gasteiger partial charge on any atom is 0.212 e. The van der Waals surface area contributed by atoms with Crippen molar-refractivity contribution in [1.82, 2.24) is 4.72 Å². The first kappa shape index (κ1) is 18.1. The van der Waals surface area contributed by atoms with Gasteiger partial charge in [0.25, 0.3) is 0 Å². The number of aliphatic hydroxyl groups is 1. The Kier molecular flexibility index (Phi) is 5.97. The van der Waals surface area contributed by atoms with Gasteiger partial charge in [0.05, 0.1) is 5.75 Å². The van der Waals surface area contributed by atoms with E-state index in [-0.39, 0.29) is 12.3 Å². The van der Waals surface area contributed by atoms with Gasteiger partial charge in [0.15, 0.2) is 0 Å². The Hall–Kier alpha value is -1.21. The maximum absolute atomic E-state index is 12.1. The molecule has 0 amide bonds. The highest BCUT2D eigenvalue weighted by Gasteiger charge is 2.25. The summed E-state index contributed by atoms with van der Waals surface area (Å²) in [7, 11) is -3.45. The van der Waals surface area contributed by atoms with Crippen molar-refractivity contribution >= 4 is 26.0 Å². The Morgan fingerprint density at radius 3 is 2.30 bits per heavy atom. The standard InChI is InChI=1S/C17H20BrNO3S/c1-17(20,15-7-9-16(18)10-8-15)13-19-23(21,22)12-11-14-5-3-2-4-6-14/h2-10,19-20H,11-13H2,1H3. The summed E-state index contributed by atoms with van der Waals surface area (Å²) in [5.41, 5.74) is 0.365. The third-order valence-corrected chi connectivity index (χ3v) is 5.46. The zero-order valence-electron chi connectivity index (χ0n) is 12.9. The molecule has 4 nitrogen and oxygen atoms in total. The molecule has 0 aliphatic heterocycles. The van der Waals surface area contributed by atoms with Gasteiger partial charge in [0.2, 0.25) is 10.0 Å². The Morgan fingerprint density at radius 2 is 1.70 bits per heavy atom. The first-order valence-electron chi connectivity index (χ1n) is 7.28. The van der Waals surface area contributed by atoms with E-state index in [1.54, 1.807) is 19.1 Å². The fourth-order valence-corrected chi connectivity index (χ4v) is 3.54. The van der Waals surface area contributed by atoms with Crippen LogP contribution in [0.5, 0.6) is 0 Å². The van der Waals surface area contributed by atoms with Crippen molar-refractivity contribution in [2.75, 3.05) is 12.3 Å². The summed E-state index contributed by atoms with van der Waals surface area (Å²) in [6.07, 6.45) is 0.441. The molecular formula is C17H20BrNO3S. The third-order valence-electron chi connectivity index (χ3n) is 3.60. The zero-order chi connectivity index (χ0) is 16.9. The van der Waals surface area contributed by atoms with Crippen LogP contribution >= 0.6 is 15.9 Å². The molecule has 0 radical (unpaired) electrons. The number of halogens is 1. The van der Waals surface area contributed by atoms with Gasteiger partial charge in [0, 0.05) is 11.0 Å². The second-order valence-corrected chi connectivity index (χ2v) is 8.50. The number of nitrogens with one attached hydrogen (secondary N) is 1. The molecule has 2 aromatic carbocycles. The molecule has 124 valence electrons. The van der Waals surface area contributed by atoms with Gasteiger partial charge in [-0.1, -0.05) is 58.4 Å². The van der Waals surface area contributed by atoms with Crippen molar-refractivity contribution in [3.63, 3.8) is 0 Å². The Bertz CT molecular complexity index is 728. The van der Waals surface area contributed by atoms with Crippen LogP contribution in [-0.2, 0) is 22.0 Å². The van der Waals surface area contributed by atoms with Gasteiger partial charge >= 0.3 is 0 Å². The van der Waals surface area contributed by atoms with Crippen molar-refractivity contribution in [1.29, 1.82) is 0 Å². The van der Waals surface area contributed by atoms with E-state index in [2.05, 4.69) is 20.7 Å². The van der Waals surface area contributed by atoms with Crippen molar-refractivity contribution in [2.24, 2.45) is 0 Å². The smallest absolute Gasteiger partial charge is 0.212 e. The van der Waals surface area contributed by atoms with Crippen LogP contribution in [0.1, 0.15) is 18.1 Å². The molecule has 0 aliphatic rings. The Balaban J connectivity index is 1.94. The van der Waals surface area contributed by atoms with Crippen LogP contribution < -0.4 is 4.72 Å². The molecular weight excluding hydrogens is 378 g/mol. The molecule has 0 aliphatic carbocycles. The van der Waals surface area contributed by atoms with Crippen molar-refractivity contribution in [2.45, 2.75) is 18.9 Å². The van der Waals surface area contributed by atoms with E-state index in [1.807, 2.05) is 42.5 Å². The average Bonchev–Trinajstić information content (AvgIpc) is 2.53. The predicted octanol–water partition coefficient (Wildman–Crippen LogP) is 2.82. The lowest BCUT2D eigenvalue weighted by Crippen LogP contribution is -2.39. The molecule has 0 bridgehead atoms. The Labute approximate surface area is 145 Å². The first-order valence-corrected chi connectivity index (χ1v) is 9.73. The topological polar surface area (TPSA) is 66.4 Å². The highest BCUT2D eigenvalue weighted by molar-refractivity contribution is 9.10. The van der Waals surface area contributed by atoms with E-state index in [0.717, 1.165) is 10.0 Å². The van der Waals surface area contributed by atoms with Gasteiger partial charge in [-0.15, -0.1) is 0 Å². The molecule has 23 heavy (non-hydrogen) atoms. The van der Waals surface area contributed by atoms with Crippen molar-refractivity contribution < 1.29 is 13.5 Å². The number of benzene rings is 2. The molecule has 0 fully saturated rings. The number of hydrogen-bond acceptors (Lipinski definition) is 3. The van der Waals surface area contributed by atoms with E-state index >= 15 is 0 Å². The van der Waals surface area contributed by atoms with Gasteiger partial charge in [-0.25, -0.2) is 13.1 Å². The summed E-state index contributed by atoms with van der Waals surface area (Å²) >= 11 is 3.33. The minimum atomic E-state index is -3.45. The van der Waals surface area contributed by atoms with Crippen LogP contribution in [0.2, 0.25) is 0 Å². The average molecular weight is 398 g/mol. The summed E-state index contributed by atoms with van der Waals surface area (Å²) in [5.74, 6) is -0.00652. The van der Waals surface area contributed by atoms with Crippen LogP contribution in [-0.4, -0.2) is 25.8 Å². The van der Waals surface area contributed by atoms with Crippen molar-refractivity contribution in [3.8, 4) is 0 Å². The quantitative estimate of drug-likeness (QED) is 0.754. The van der Waals surface area contributed by atoms with E-state index in [1.165, 1.54) is 0 Å². The molecule has 0 saturated carbocycles. The van der Waals surface area contributed by atoms with E-state index < -0.39 is 15.6 Å². The lowest BCUT2D eigenvalue weighted by atomic mass is 9.97. The second kappa shape index (κ2) is 7.57. The lowest BCUT2D eigenvalue weighted by Gasteiger charge is -2.24. The molecule has 1 unspecified atom stereocenters. The van der Waals surface area contributed by atoms with Crippen LogP contribution in [0.15, 0.2) is 59.1 Å². The summed E-state index contributed by atoms with van der Waals surface area (Å²) in [6, 6.07) is 16.6. The van der Waals surface area contributed by atoms with Crippen LogP contribution in [0.25, 0.3) is 0 Å². The number of sulfonamides is 1. The van der Waals surface area contributed by atoms with Gasteiger partial charge in [-0.3, -0.25) is 0 Å². The minimum absolute atomic E-state index is 0.00652. The van der Waals surface area contributed by atoms with Crippen molar-refractivity contribution in [3.05, 3.63) is 70.2 Å². The van der Waals surface area contributed by atoms with Gasteiger partial charge in [-0.2, -0.15) is 0 Å². The molecule has 6 heteroatoms. The Morgan fingerprint density at radius 1 is 1.09 bits per heavy atom. The fourth-order valence-electron chi connectivity index (χ4n) is 2.13. The summed E-state index contributed by atoms with van der Waals surface area (Å²) < 4.78 is 27.6. The highest BCUT2D eigenvalue weighted by atomic mass is 79.9. The minimum Gasteiger partial charge on any atom is -0.384 e. The van der Waals surface area contributed by atoms with Gasteiger partial charge in [0.1, 0.15) is 5.60 Å². The molecule has 0 spiro atoms. The van der Waals surface area contributed by atoms with Gasteiger partial charge in [-0.05, 0) is 36.6 Å². The van der Waals surface area contributed by atoms with Crippen LogP contribution in [0.4, 0.5) is 0 Å². The molecule has 2 aromatic rings. The summed E-state index contributed by atoms with van der Waals surface area (Å²) in [4.78, 5) is 0. The lowest BCUT2D eigenvalue weighted by molar-refractivity contribution is 0.0627.